The molecule has 1 aliphatic heterocycles. The highest BCUT2D eigenvalue weighted by Gasteiger charge is 2.29. The molecule has 22 heavy (non-hydrogen) atoms. The third kappa shape index (κ3) is 4.19. The lowest BCUT2D eigenvalue weighted by atomic mass is 9.96. The van der Waals surface area contributed by atoms with Crippen LogP contribution >= 0.6 is 11.6 Å². The summed E-state index contributed by atoms with van der Waals surface area (Å²) in [7, 11) is -3.66. The Morgan fingerprint density at radius 3 is 2.50 bits per heavy atom. The van der Waals surface area contributed by atoms with E-state index < -0.39 is 10.2 Å². The fraction of sp³-hybridized carbons (Fsp3) is 0.500. The predicted octanol–water partition coefficient (Wildman–Crippen LogP) is 1.43. The normalized spacial score (nSPS) is 18.9. The Morgan fingerprint density at radius 2 is 1.95 bits per heavy atom. The molecule has 0 aromatic heterocycles. The summed E-state index contributed by atoms with van der Waals surface area (Å²) in [6.07, 6.45) is 0.939. The lowest BCUT2D eigenvalue weighted by Crippen LogP contribution is -2.45. The fourth-order valence-corrected chi connectivity index (χ4v) is 3.63. The molecular weight excluding hydrogens is 326 g/mol. The van der Waals surface area contributed by atoms with Crippen molar-refractivity contribution >= 4 is 27.7 Å². The molecule has 1 unspecified atom stereocenters. The second-order valence-corrected chi connectivity index (χ2v) is 7.42. The van der Waals surface area contributed by atoms with Gasteiger partial charge in [-0.2, -0.15) is 12.7 Å². The molecule has 1 fully saturated rings. The Kier molecular flexibility index (Phi) is 5.44. The molecule has 1 atom stereocenters. The molecular formula is C14H20ClN3O3S. The number of carbonyl (C=O) groups excluding carboxylic acids is 1. The van der Waals surface area contributed by atoms with Crippen molar-refractivity contribution in [1.29, 1.82) is 0 Å². The Balaban J connectivity index is 1.93. The molecule has 122 valence electrons. The van der Waals surface area contributed by atoms with Crippen LogP contribution in [0.4, 0.5) is 0 Å². The van der Waals surface area contributed by atoms with E-state index in [9.17, 15) is 13.2 Å². The molecule has 8 heteroatoms. The van der Waals surface area contributed by atoms with Crippen molar-refractivity contribution in [1.82, 2.24) is 9.62 Å². The summed E-state index contributed by atoms with van der Waals surface area (Å²) < 4.78 is 23.7. The van der Waals surface area contributed by atoms with Crippen LogP contribution in [0.5, 0.6) is 0 Å². The third-order valence-electron chi connectivity index (χ3n) is 3.92. The predicted molar refractivity (Wildman–Crippen MR) is 85.4 cm³/mol. The van der Waals surface area contributed by atoms with Crippen LogP contribution in [0.3, 0.4) is 0 Å². The van der Waals surface area contributed by atoms with Crippen molar-refractivity contribution in [3.8, 4) is 0 Å². The van der Waals surface area contributed by atoms with Gasteiger partial charge in [-0.05, 0) is 31.4 Å². The smallest absolute Gasteiger partial charge is 0.276 e. The highest BCUT2D eigenvalue weighted by atomic mass is 35.5. The Hall–Kier alpha value is -1.15. The van der Waals surface area contributed by atoms with Crippen LogP contribution in [0.1, 0.15) is 31.4 Å². The molecule has 1 aliphatic rings. The number of nitrogens with one attached hydrogen (secondary N) is 1. The molecule has 0 saturated carbocycles. The van der Waals surface area contributed by atoms with Gasteiger partial charge >= 0.3 is 0 Å². The minimum Gasteiger partial charge on any atom is -0.349 e. The summed E-state index contributed by atoms with van der Waals surface area (Å²) in [6, 6.07) is 7.16. The summed E-state index contributed by atoms with van der Waals surface area (Å²) in [5, 5.41) is 8.64. The van der Waals surface area contributed by atoms with Crippen molar-refractivity contribution in [2.24, 2.45) is 11.1 Å². The lowest BCUT2D eigenvalue weighted by molar-refractivity contribution is -0.126. The highest BCUT2D eigenvalue weighted by molar-refractivity contribution is 7.86. The molecule has 1 aromatic carbocycles. The van der Waals surface area contributed by atoms with Gasteiger partial charge in [0, 0.05) is 24.0 Å². The van der Waals surface area contributed by atoms with Gasteiger partial charge in [0.05, 0.1) is 6.04 Å². The second-order valence-electron chi connectivity index (χ2n) is 5.47. The summed E-state index contributed by atoms with van der Waals surface area (Å²) in [5.41, 5.74) is 0.861. The zero-order chi connectivity index (χ0) is 16.3. The minimum absolute atomic E-state index is 0.0820. The number of nitrogens with two attached hydrogens (primary N) is 1. The van der Waals surface area contributed by atoms with Crippen molar-refractivity contribution in [2.75, 3.05) is 13.1 Å². The van der Waals surface area contributed by atoms with Crippen molar-refractivity contribution in [2.45, 2.75) is 25.8 Å². The molecule has 6 nitrogen and oxygen atoms in total. The van der Waals surface area contributed by atoms with Crippen molar-refractivity contribution in [3.63, 3.8) is 0 Å². The van der Waals surface area contributed by atoms with Gasteiger partial charge in [0.15, 0.2) is 0 Å². The molecule has 0 aliphatic carbocycles. The summed E-state index contributed by atoms with van der Waals surface area (Å²) in [5.74, 6) is -0.288. The van der Waals surface area contributed by atoms with Crippen molar-refractivity contribution < 1.29 is 13.2 Å². The van der Waals surface area contributed by atoms with E-state index >= 15 is 0 Å². The van der Waals surface area contributed by atoms with Gasteiger partial charge in [0.25, 0.3) is 10.2 Å². The SMILES string of the molecule is CC(NC(=O)C1CCN(S(N)(=O)=O)CC1)c1ccccc1Cl. The first kappa shape index (κ1) is 17.2. The lowest BCUT2D eigenvalue weighted by Gasteiger charge is -2.30. The summed E-state index contributed by atoms with van der Waals surface area (Å²) >= 11 is 6.12. The van der Waals surface area contributed by atoms with E-state index in [-0.39, 0.29) is 31.0 Å². The van der Waals surface area contributed by atoms with Gasteiger partial charge < -0.3 is 5.32 Å². The number of hydrogen-bond donors (Lipinski definition) is 2. The topological polar surface area (TPSA) is 92.5 Å². The molecule has 0 spiro atoms. The molecule has 1 heterocycles. The summed E-state index contributed by atoms with van der Waals surface area (Å²) in [6.45, 7) is 2.42. The number of nitrogens with zero attached hydrogens (tertiary/aromatic N) is 1. The average Bonchev–Trinajstić information content (AvgIpc) is 2.46. The molecule has 1 saturated heterocycles. The van der Waals surface area contributed by atoms with Crippen LogP contribution in [0, 0.1) is 5.92 Å². The van der Waals surface area contributed by atoms with E-state index in [0.29, 0.717) is 17.9 Å². The number of amides is 1. The van der Waals surface area contributed by atoms with Crippen molar-refractivity contribution in [3.05, 3.63) is 34.9 Å². The van der Waals surface area contributed by atoms with Crippen LogP contribution in [0.15, 0.2) is 24.3 Å². The first-order valence-electron chi connectivity index (χ1n) is 7.11. The molecule has 1 amide bonds. The Morgan fingerprint density at radius 1 is 1.36 bits per heavy atom. The number of piperidine rings is 1. The average molecular weight is 346 g/mol. The molecule has 0 radical (unpaired) electrons. The van der Waals surface area contributed by atoms with E-state index in [0.717, 1.165) is 5.56 Å². The van der Waals surface area contributed by atoms with Crippen LogP contribution in [0.2, 0.25) is 5.02 Å². The zero-order valence-corrected chi connectivity index (χ0v) is 13.9. The van der Waals surface area contributed by atoms with E-state index in [1.807, 2.05) is 25.1 Å². The maximum Gasteiger partial charge on any atom is 0.276 e. The zero-order valence-electron chi connectivity index (χ0n) is 12.3. The quantitative estimate of drug-likeness (QED) is 0.864. The molecule has 3 N–H and O–H groups in total. The number of rotatable bonds is 4. The largest absolute Gasteiger partial charge is 0.349 e. The number of hydrogen-bond acceptors (Lipinski definition) is 3. The third-order valence-corrected chi connectivity index (χ3v) is 5.34. The maximum absolute atomic E-state index is 12.3. The van der Waals surface area contributed by atoms with Gasteiger partial charge in [-0.15, -0.1) is 0 Å². The van der Waals surface area contributed by atoms with E-state index in [1.54, 1.807) is 6.07 Å². The second kappa shape index (κ2) is 6.95. The van der Waals surface area contributed by atoms with Gasteiger partial charge in [0.1, 0.15) is 0 Å². The highest BCUT2D eigenvalue weighted by Crippen LogP contribution is 2.24. The fourth-order valence-electron chi connectivity index (χ4n) is 2.61. The van der Waals surface area contributed by atoms with Crippen LogP contribution in [-0.2, 0) is 15.0 Å². The Bertz CT molecular complexity index is 642. The van der Waals surface area contributed by atoms with Gasteiger partial charge in [-0.1, -0.05) is 29.8 Å². The Labute approximate surface area is 135 Å². The van der Waals surface area contributed by atoms with E-state index in [1.165, 1.54) is 4.31 Å². The first-order chi connectivity index (χ1) is 10.3. The number of carbonyl (C=O) groups is 1. The van der Waals surface area contributed by atoms with Crippen LogP contribution < -0.4 is 10.5 Å². The van der Waals surface area contributed by atoms with Crippen LogP contribution in [0.25, 0.3) is 0 Å². The minimum atomic E-state index is -3.66. The summed E-state index contributed by atoms with van der Waals surface area (Å²) in [4.78, 5) is 12.3. The van der Waals surface area contributed by atoms with Gasteiger partial charge in [-0.3, -0.25) is 4.79 Å². The number of halogens is 1. The van der Waals surface area contributed by atoms with Gasteiger partial charge in [-0.25, -0.2) is 5.14 Å². The van der Waals surface area contributed by atoms with Gasteiger partial charge in [0.2, 0.25) is 5.91 Å². The van der Waals surface area contributed by atoms with E-state index in [4.69, 9.17) is 16.7 Å². The maximum atomic E-state index is 12.3. The molecule has 2 rings (SSSR count). The monoisotopic (exact) mass is 345 g/mol. The van der Waals surface area contributed by atoms with E-state index in [2.05, 4.69) is 5.32 Å². The molecule has 0 bridgehead atoms. The van der Waals surface area contributed by atoms with Crippen LogP contribution in [-0.4, -0.2) is 31.7 Å². The number of benzene rings is 1. The standard InChI is InChI=1S/C14H20ClN3O3S/c1-10(12-4-2-3-5-13(12)15)17-14(19)11-6-8-18(9-7-11)22(16,20)21/h2-5,10-11H,6-9H2,1H3,(H,17,19)(H2,16,20,21). The molecule has 1 aromatic rings. The first-order valence-corrected chi connectivity index (χ1v) is 9.00.